The molecule has 2 aromatic heterocycles. The van der Waals surface area contributed by atoms with Crippen molar-refractivity contribution in [1.29, 1.82) is 0 Å². The van der Waals surface area contributed by atoms with Crippen molar-refractivity contribution in [3.05, 3.63) is 40.1 Å². The van der Waals surface area contributed by atoms with E-state index in [1.54, 1.807) is 12.1 Å². The summed E-state index contributed by atoms with van der Waals surface area (Å²) < 4.78 is 7.44. The Morgan fingerprint density at radius 1 is 1.33 bits per heavy atom. The van der Waals surface area contributed by atoms with Gasteiger partial charge in [0, 0.05) is 38.7 Å². The van der Waals surface area contributed by atoms with Crippen molar-refractivity contribution in [1.82, 2.24) is 30.0 Å². The van der Waals surface area contributed by atoms with Crippen molar-refractivity contribution in [2.45, 2.75) is 6.42 Å². The van der Waals surface area contributed by atoms with Gasteiger partial charge in [-0.05, 0) is 18.2 Å². The van der Waals surface area contributed by atoms with Crippen LogP contribution in [0.5, 0.6) is 0 Å². The first-order chi connectivity index (χ1) is 13.1. The molecule has 0 saturated carbocycles. The number of morpholine rings is 1. The molecule has 1 saturated heterocycles. The molecule has 1 aliphatic rings. The average Bonchev–Trinajstić information content (AvgIpc) is 3.25. The fourth-order valence-corrected chi connectivity index (χ4v) is 3.19. The zero-order valence-corrected chi connectivity index (χ0v) is 15.0. The summed E-state index contributed by atoms with van der Waals surface area (Å²) in [7, 11) is 1.98. The van der Waals surface area contributed by atoms with Crippen LogP contribution >= 0.6 is 0 Å². The Hall–Kier alpha value is -3.14. The number of carbonyl (C=O) groups is 1. The largest absolute Gasteiger partial charge is 0.378 e. The lowest BCUT2D eigenvalue weighted by molar-refractivity contribution is 0.0954. The third-order valence-corrected chi connectivity index (χ3v) is 4.61. The van der Waals surface area contributed by atoms with Crippen molar-refractivity contribution in [3.63, 3.8) is 0 Å². The Balaban J connectivity index is 1.47. The molecule has 1 aliphatic heterocycles. The zero-order valence-electron chi connectivity index (χ0n) is 15.0. The van der Waals surface area contributed by atoms with Gasteiger partial charge in [0.25, 0.3) is 5.91 Å². The Morgan fingerprint density at radius 2 is 2.15 bits per heavy atom. The Bertz CT molecular complexity index is 1010. The summed E-state index contributed by atoms with van der Waals surface area (Å²) in [4.78, 5) is 32.9. The third kappa shape index (κ3) is 3.56. The summed E-state index contributed by atoms with van der Waals surface area (Å²) in [6.45, 7) is 3.37. The molecule has 1 amide bonds. The Labute approximate surface area is 154 Å². The summed E-state index contributed by atoms with van der Waals surface area (Å²) in [5.74, 6) is 1.21. The number of benzene rings is 1. The van der Waals surface area contributed by atoms with E-state index in [9.17, 15) is 9.59 Å². The molecule has 4 rings (SSSR count). The van der Waals surface area contributed by atoms with E-state index >= 15 is 0 Å². The molecule has 3 N–H and O–H groups in total. The second-order valence-corrected chi connectivity index (χ2v) is 6.40. The van der Waals surface area contributed by atoms with E-state index in [-0.39, 0.29) is 11.6 Å². The van der Waals surface area contributed by atoms with Gasteiger partial charge in [0.15, 0.2) is 0 Å². The average molecular weight is 371 g/mol. The van der Waals surface area contributed by atoms with Gasteiger partial charge in [-0.1, -0.05) is 0 Å². The number of carbonyl (C=O) groups excluding carboxylic acids is 1. The van der Waals surface area contributed by atoms with E-state index in [0.717, 1.165) is 30.1 Å². The molecular formula is C17H21N7O3. The van der Waals surface area contributed by atoms with Crippen molar-refractivity contribution in [3.8, 4) is 0 Å². The number of aromatic amines is 2. The molecule has 1 fully saturated rings. The predicted octanol–water partition coefficient (Wildman–Crippen LogP) is -0.206. The molecule has 1 aromatic carbocycles. The normalized spacial score (nSPS) is 14.6. The van der Waals surface area contributed by atoms with Crippen molar-refractivity contribution in [2.24, 2.45) is 7.05 Å². The molecule has 0 spiro atoms. The third-order valence-electron chi connectivity index (χ3n) is 4.61. The van der Waals surface area contributed by atoms with Crippen molar-refractivity contribution in [2.75, 3.05) is 37.7 Å². The highest BCUT2D eigenvalue weighted by Gasteiger charge is 2.18. The molecule has 10 nitrogen and oxygen atoms in total. The molecule has 142 valence electrons. The summed E-state index contributed by atoms with van der Waals surface area (Å²) >= 11 is 0. The molecular weight excluding hydrogens is 350 g/mol. The Kier molecular flexibility index (Phi) is 4.63. The summed E-state index contributed by atoms with van der Waals surface area (Å²) in [6.07, 6.45) is 0.442. The molecule has 27 heavy (non-hydrogen) atoms. The first-order valence-electron chi connectivity index (χ1n) is 8.83. The number of nitrogens with one attached hydrogen (secondary N) is 3. The summed E-state index contributed by atoms with van der Waals surface area (Å²) in [5.41, 5.74) is 1.95. The number of aromatic nitrogens is 5. The van der Waals surface area contributed by atoms with E-state index in [2.05, 4.69) is 25.4 Å². The SMILES string of the molecule is Cn1c(N2CCOCC2)nc2cc(C(=O)NCCc3n[nH]c(=O)[nH]3)ccc21. The van der Waals surface area contributed by atoms with Gasteiger partial charge in [-0.3, -0.25) is 9.78 Å². The minimum atomic E-state index is -0.354. The topological polar surface area (TPSA) is 121 Å². The van der Waals surface area contributed by atoms with Gasteiger partial charge in [-0.15, -0.1) is 0 Å². The number of fused-ring (bicyclic) bond motifs is 1. The van der Waals surface area contributed by atoms with Gasteiger partial charge >= 0.3 is 5.69 Å². The van der Waals surface area contributed by atoms with Crippen LogP contribution in [-0.4, -0.2) is 63.5 Å². The van der Waals surface area contributed by atoms with Crippen LogP contribution in [0.2, 0.25) is 0 Å². The fourth-order valence-electron chi connectivity index (χ4n) is 3.19. The van der Waals surface area contributed by atoms with Crippen LogP contribution in [0.25, 0.3) is 11.0 Å². The highest BCUT2D eigenvalue weighted by atomic mass is 16.5. The highest BCUT2D eigenvalue weighted by Crippen LogP contribution is 2.23. The molecule has 0 radical (unpaired) electrons. The maximum absolute atomic E-state index is 12.4. The van der Waals surface area contributed by atoms with E-state index in [1.165, 1.54) is 0 Å². The molecule has 0 atom stereocenters. The quantitative estimate of drug-likeness (QED) is 0.571. The number of rotatable bonds is 5. The second-order valence-electron chi connectivity index (χ2n) is 6.40. The number of amides is 1. The number of hydrogen-bond acceptors (Lipinski definition) is 6. The predicted molar refractivity (Wildman–Crippen MR) is 99.0 cm³/mol. The number of aryl methyl sites for hydroxylation is 1. The number of nitrogens with zero attached hydrogens (tertiary/aromatic N) is 4. The lowest BCUT2D eigenvalue weighted by Crippen LogP contribution is -2.37. The maximum atomic E-state index is 12.4. The van der Waals surface area contributed by atoms with Crippen LogP contribution in [0, 0.1) is 0 Å². The van der Waals surface area contributed by atoms with Gasteiger partial charge in [-0.2, -0.15) is 5.10 Å². The lowest BCUT2D eigenvalue weighted by Gasteiger charge is -2.27. The van der Waals surface area contributed by atoms with E-state index in [1.807, 2.05) is 17.7 Å². The second kappa shape index (κ2) is 7.23. The number of imidazole rings is 1. The van der Waals surface area contributed by atoms with Crippen molar-refractivity contribution < 1.29 is 9.53 Å². The molecule has 3 heterocycles. The van der Waals surface area contributed by atoms with Gasteiger partial charge in [-0.25, -0.2) is 14.9 Å². The number of hydrogen-bond donors (Lipinski definition) is 3. The standard InChI is InChI=1S/C17H21N7O3/c1-23-13-3-2-11(15(25)18-5-4-14-20-16(26)22-21-14)10-12(13)19-17(23)24-6-8-27-9-7-24/h2-3,10H,4-9H2,1H3,(H,18,25)(H2,20,21,22,26). The van der Waals surface area contributed by atoms with Crippen LogP contribution in [-0.2, 0) is 18.2 Å². The first-order valence-corrected chi connectivity index (χ1v) is 8.83. The minimum absolute atomic E-state index is 0.187. The fraction of sp³-hybridized carbons (Fsp3) is 0.412. The smallest absolute Gasteiger partial charge is 0.340 e. The number of ether oxygens (including phenoxy) is 1. The lowest BCUT2D eigenvalue weighted by atomic mass is 10.2. The molecule has 0 unspecified atom stereocenters. The summed E-state index contributed by atoms with van der Waals surface area (Å²) in [6, 6.07) is 5.50. The molecule has 10 heteroatoms. The van der Waals surface area contributed by atoms with E-state index in [4.69, 9.17) is 9.72 Å². The minimum Gasteiger partial charge on any atom is -0.378 e. The number of H-pyrrole nitrogens is 2. The molecule has 3 aromatic rings. The van der Waals surface area contributed by atoms with Crippen LogP contribution in [0.4, 0.5) is 5.95 Å². The number of anilines is 1. The first kappa shape index (κ1) is 17.3. The van der Waals surface area contributed by atoms with Gasteiger partial charge in [0.2, 0.25) is 5.95 Å². The van der Waals surface area contributed by atoms with Gasteiger partial charge in [0.05, 0.1) is 24.2 Å². The molecule has 0 aliphatic carbocycles. The molecule has 0 bridgehead atoms. The van der Waals surface area contributed by atoms with Crippen LogP contribution in [0.3, 0.4) is 0 Å². The van der Waals surface area contributed by atoms with Crippen LogP contribution in [0.15, 0.2) is 23.0 Å². The maximum Gasteiger partial charge on any atom is 0.340 e. The van der Waals surface area contributed by atoms with E-state index in [0.29, 0.717) is 37.6 Å². The zero-order chi connectivity index (χ0) is 18.8. The van der Waals surface area contributed by atoms with Crippen LogP contribution in [0.1, 0.15) is 16.2 Å². The van der Waals surface area contributed by atoms with Crippen molar-refractivity contribution >= 4 is 22.9 Å². The highest BCUT2D eigenvalue weighted by molar-refractivity contribution is 5.97. The van der Waals surface area contributed by atoms with E-state index < -0.39 is 0 Å². The van der Waals surface area contributed by atoms with Crippen LogP contribution < -0.4 is 15.9 Å². The Morgan fingerprint density at radius 3 is 2.89 bits per heavy atom. The summed E-state index contributed by atoms with van der Waals surface area (Å²) in [5, 5.41) is 8.94. The van der Waals surface area contributed by atoms with Gasteiger partial charge in [0.1, 0.15) is 5.82 Å². The monoisotopic (exact) mass is 371 g/mol. The van der Waals surface area contributed by atoms with Gasteiger partial charge < -0.3 is 19.5 Å².